The number of rotatable bonds is 10. The highest BCUT2D eigenvalue weighted by molar-refractivity contribution is 6.12. The van der Waals surface area contributed by atoms with E-state index in [2.05, 4.69) is 27.4 Å². The maximum atomic E-state index is 16.0. The quantitative estimate of drug-likeness (QED) is 0.115. The lowest BCUT2D eigenvalue weighted by Gasteiger charge is -2.46. The predicted molar refractivity (Wildman–Crippen MR) is 241 cm³/mol. The second-order valence-electron chi connectivity index (χ2n) is 16.9. The summed E-state index contributed by atoms with van der Waals surface area (Å²) >= 11 is 0. The van der Waals surface area contributed by atoms with Crippen molar-refractivity contribution in [2.24, 2.45) is 11.7 Å². The van der Waals surface area contributed by atoms with Gasteiger partial charge in [0, 0.05) is 49.5 Å². The molecular weight excluding hydrogens is 841 g/mol. The number of carbonyl (C=O) groups is 4. The number of nitrogens with zero attached hydrogens (tertiary/aromatic N) is 3. The second-order valence-corrected chi connectivity index (χ2v) is 16.9. The molecule has 5 aromatic rings. The van der Waals surface area contributed by atoms with Gasteiger partial charge in [0.25, 0.3) is 0 Å². The number of nitrogens with one attached hydrogen (secondary N) is 2. The van der Waals surface area contributed by atoms with Crippen LogP contribution in [0.15, 0.2) is 121 Å². The Hall–Kier alpha value is -7.38. The van der Waals surface area contributed by atoms with Gasteiger partial charge in [-0.2, -0.15) is 0 Å². The van der Waals surface area contributed by atoms with Crippen LogP contribution in [0.2, 0.25) is 0 Å². The Bertz CT molecular complexity index is 2740. The molecule has 1 spiro atoms. The zero-order chi connectivity index (χ0) is 45.4. The molecule has 66 heavy (non-hydrogen) atoms. The molecule has 0 unspecified atom stereocenters. The second kappa shape index (κ2) is 17.9. The van der Waals surface area contributed by atoms with Gasteiger partial charge in [-0.3, -0.25) is 24.2 Å². The first-order valence-electron chi connectivity index (χ1n) is 22.0. The van der Waals surface area contributed by atoms with E-state index in [1.54, 1.807) is 29.2 Å². The normalized spacial score (nSPS) is 24.1. The number of aliphatic hydroxyl groups is 1. The van der Waals surface area contributed by atoms with Gasteiger partial charge in [0.2, 0.25) is 18.6 Å². The number of piperazine rings is 1. The highest BCUT2D eigenvalue weighted by Crippen LogP contribution is 2.66. The molecule has 15 heteroatoms. The van der Waals surface area contributed by atoms with E-state index in [1.807, 2.05) is 102 Å². The summed E-state index contributed by atoms with van der Waals surface area (Å²) in [5.74, 6) is 5.03. The summed E-state index contributed by atoms with van der Waals surface area (Å²) in [4.78, 5) is 64.6. The fraction of sp³-hybridized carbons (Fsp3) is 0.294. The summed E-state index contributed by atoms with van der Waals surface area (Å²) in [6.45, 7) is 2.20. The van der Waals surface area contributed by atoms with Gasteiger partial charge in [0.05, 0.1) is 31.2 Å². The molecule has 336 valence electrons. The van der Waals surface area contributed by atoms with Crippen molar-refractivity contribution in [2.45, 2.75) is 36.2 Å². The number of hydrogen-bond donors (Lipinski definition) is 4. The summed E-state index contributed by atoms with van der Waals surface area (Å²) in [6, 6.07) is 34.0. The number of primary amides is 1. The van der Waals surface area contributed by atoms with E-state index < -0.39 is 53.5 Å². The average molecular weight is 889 g/mol. The third-order valence-corrected chi connectivity index (χ3v) is 13.2. The van der Waals surface area contributed by atoms with Gasteiger partial charge < -0.3 is 45.3 Å². The van der Waals surface area contributed by atoms with Gasteiger partial charge in [-0.05, 0) is 58.7 Å². The van der Waals surface area contributed by atoms with Crippen LogP contribution < -0.4 is 30.6 Å². The molecule has 10 rings (SSSR count). The van der Waals surface area contributed by atoms with Crippen molar-refractivity contribution < 1.29 is 43.2 Å². The van der Waals surface area contributed by atoms with Gasteiger partial charge >= 0.3 is 12.0 Å². The van der Waals surface area contributed by atoms with Crippen molar-refractivity contribution in [1.82, 2.24) is 20.0 Å². The van der Waals surface area contributed by atoms with E-state index in [9.17, 15) is 9.90 Å². The van der Waals surface area contributed by atoms with Crippen molar-refractivity contribution in [3.63, 3.8) is 0 Å². The Morgan fingerprint density at radius 1 is 0.848 bits per heavy atom. The van der Waals surface area contributed by atoms with E-state index in [-0.39, 0.29) is 32.5 Å². The molecule has 0 radical (unpaired) electrons. The van der Waals surface area contributed by atoms with Gasteiger partial charge in [-0.25, -0.2) is 4.79 Å². The molecule has 0 bridgehead atoms. The number of benzene rings is 5. The first-order valence-corrected chi connectivity index (χ1v) is 22.0. The minimum Gasteiger partial charge on any atom is -0.491 e. The monoisotopic (exact) mass is 888 g/mol. The number of ether oxygens (including phenoxy) is 4. The van der Waals surface area contributed by atoms with E-state index in [4.69, 9.17) is 24.7 Å². The van der Waals surface area contributed by atoms with Crippen LogP contribution in [0.4, 0.5) is 10.5 Å². The number of cyclic esters (lactones) is 1. The molecule has 0 saturated carbocycles. The molecule has 6 atom stereocenters. The molecule has 0 aliphatic carbocycles. The first kappa shape index (κ1) is 42.6. The lowest BCUT2D eigenvalue weighted by Crippen LogP contribution is -2.58. The number of aliphatic hydroxyl groups excluding tert-OH is 1. The van der Waals surface area contributed by atoms with Gasteiger partial charge in [-0.1, -0.05) is 96.8 Å². The van der Waals surface area contributed by atoms with Gasteiger partial charge in [0.1, 0.15) is 29.9 Å². The lowest BCUT2D eigenvalue weighted by atomic mass is 9.64. The predicted octanol–water partition coefficient (Wildman–Crippen LogP) is 4.42. The smallest absolute Gasteiger partial charge is 0.324 e. The Labute approximate surface area is 381 Å². The van der Waals surface area contributed by atoms with E-state index >= 15 is 14.4 Å². The van der Waals surface area contributed by atoms with Gasteiger partial charge in [-0.15, -0.1) is 0 Å². The standard InChI is InChI=1S/C51H48N6O9/c52-50(62)53-21-9-10-32-17-19-38-37(28-32)51(49(61)54-38)42(47(59)56-24-22-55(23-25-56)30-33-18-20-40-41(29-33)65-31-64-40)44-48(60)66-45(35-13-5-2-6-14-35)43(34-11-3-1-4-12-34)57(44)46(51)36-15-7-8-16-39(36)63-27-26-58/h1-8,11-20,28-29,42-46,58H,21-27,30-31H2,(H,54,61)(H3,52,53,62)/t42-,43-,44-,45+,46+,51-/m1/s1. The first-order chi connectivity index (χ1) is 32.3. The van der Waals surface area contributed by atoms with Crippen LogP contribution in [-0.2, 0) is 31.1 Å². The molecule has 5 aliphatic heterocycles. The van der Waals surface area contributed by atoms with Crippen molar-refractivity contribution >= 4 is 29.5 Å². The van der Waals surface area contributed by atoms with Crippen LogP contribution in [0, 0.1) is 17.8 Å². The Morgan fingerprint density at radius 3 is 2.33 bits per heavy atom. The highest BCUT2D eigenvalue weighted by atomic mass is 16.7. The molecule has 3 saturated heterocycles. The number of nitrogens with two attached hydrogens (primary N) is 1. The number of carbonyl (C=O) groups excluding carboxylic acids is 4. The zero-order valence-corrected chi connectivity index (χ0v) is 35.9. The van der Waals surface area contributed by atoms with Crippen LogP contribution in [0.25, 0.3) is 0 Å². The number of amides is 4. The van der Waals surface area contributed by atoms with Crippen LogP contribution in [0.3, 0.4) is 0 Å². The molecular formula is C51H48N6O9. The topological polar surface area (TPSA) is 185 Å². The lowest BCUT2D eigenvalue weighted by molar-refractivity contribution is -0.179. The maximum absolute atomic E-state index is 16.0. The summed E-state index contributed by atoms with van der Waals surface area (Å²) in [7, 11) is 0. The third kappa shape index (κ3) is 7.52. The summed E-state index contributed by atoms with van der Waals surface area (Å²) in [5, 5.41) is 15.6. The molecule has 4 amide bonds. The van der Waals surface area contributed by atoms with Crippen LogP contribution in [0.1, 0.15) is 51.6 Å². The zero-order valence-electron chi connectivity index (χ0n) is 35.9. The number of anilines is 1. The molecule has 5 aromatic carbocycles. The molecule has 5 heterocycles. The number of esters is 1. The average Bonchev–Trinajstić information content (AvgIpc) is 4.02. The minimum absolute atomic E-state index is 0.0178. The Kier molecular flexibility index (Phi) is 11.5. The largest absolute Gasteiger partial charge is 0.491 e. The number of urea groups is 1. The number of fused-ring (bicyclic) bond motifs is 4. The van der Waals surface area contributed by atoms with Crippen molar-refractivity contribution in [2.75, 3.05) is 58.0 Å². The number of morpholine rings is 1. The van der Waals surface area contributed by atoms with Crippen molar-refractivity contribution in [3.05, 3.63) is 155 Å². The SMILES string of the molecule is NC(=O)NCC#Cc1ccc2c(c1)[C@]1(C(=O)N2)[C@H](c2ccccc2OCCO)N2[C@H](c3ccccc3)[C@H](c3ccccc3)OC(=O)[C@H]2[C@@H]1C(=O)N1CCN(Cc2ccc3c(c2)OCO3)CC1. The van der Waals surface area contributed by atoms with E-state index in [0.717, 1.165) is 16.7 Å². The fourth-order valence-corrected chi connectivity index (χ4v) is 10.5. The summed E-state index contributed by atoms with van der Waals surface area (Å²) < 4.78 is 24.0. The van der Waals surface area contributed by atoms with Gasteiger partial charge in [0.15, 0.2) is 11.5 Å². The van der Waals surface area contributed by atoms with E-state index in [1.165, 1.54) is 0 Å². The molecule has 5 aliphatic rings. The van der Waals surface area contributed by atoms with Crippen LogP contribution in [0.5, 0.6) is 17.2 Å². The third-order valence-electron chi connectivity index (χ3n) is 13.2. The fourth-order valence-electron chi connectivity index (χ4n) is 10.5. The molecule has 3 fully saturated rings. The molecule has 0 aromatic heterocycles. The van der Waals surface area contributed by atoms with Crippen molar-refractivity contribution in [3.8, 4) is 29.1 Å². The van der Waals surface area contributed by atoms with Crippen LogP contribution in [-0.4, -0.2) is 102 Å². The number of hydrogen-bond acceptors (Lipinski definition) is 11. The van der Waals surface area contributed by atoms with Crippen molar-refractivity contribution in [1.29, 1.82) is 0 Å². The van der Waals surface area contributed by atoms with Crippen LogP contribution >= 0.6 is 0 Å². The molecule has 15 nitrogen and oxygen atoms in total. The summed E-state index contributed by atoms with van der Waals surface area (Å²) in [5.41, 5.74) is 8.13. The highest BCUT2D eigenvalue weighted by Gasteiger charge is 2.74. The maximum Gasteiger partial charge on any atom is 0.324 e. The Balaban J connectivity index is 1.15. The van der Waals surface area contributed by atoms with E-state index in [0.29, 0.717) is 72.4 Å². The molecule has 5 N–H and O–H groups in total. The number of para-hydroxylation sites is 1. The Morgan fingerprint density at radius 2 is 1.58 bits per heavy atom. The summed E-state index contributed by atoms with van der Waals surface area (Å²) in [6.07, 6.45) is -0.852. The minimum atomic E-state index is -1.78.